The molecule has 0 spiro atoms. The van der Waals surface area contributed by atoms with Crippen molar-refractivity contribution in [2.45, 2.75) is 39.2 Å². The van der Waals surface area contributed by atoms with Gasteiger partial charge in [0.15, 0.2) is 0 Å². The number of halogens is 1. The third kappa shape index (κ3) is 2.68. The van der Waals surface area contributed by atoms with Crippen LogP contribution in [0.1, 0.15) is 44.7 Å². The number of benzene rings is 1. The summed E-state index contributed by atoms with van der Waals surface area (Å²) in [6, 6.07) is 3.97. The Morgan fingerprint density at radius 2 is 2.00 bits per heavy atom. The summed E-state index contributed by atoms with van der Waals surface area (Å²) in [5, 5.41) is 0. The molecule has 0 heterocycles. The maximum Gasteiger partial charge on any atom is 0.141 e. The van der Waals surface area contributed by atoms with Gasteiger partial charge in [0.05, 0.1) is 14.2 Å². The quantitative estimate of drug-likeness (QED) is 0.888. The molecule has 2 N–H and O–H groups in total. The first kappa shape index (κ1) is 15.6. The fraction of sp³-hybridized carbons (Fsp3) is 0.625. The molecule has 1 fully saturated rings. The smallest absolute Gasteiger partial charge is 0.141 e. The molecule has 20 heavy (non-hydrogen) atoms. The van der Waals surface area contributed by atoms with Gasteiger partial charge in [-0.2, -0.15) is 0 Å². The monoisotopic (exact) mass is 341 g/mol. The lowest BCUT2D eigenvalue weighted by Crippen LogP contribution is -2.30. The average molecular weight is 342 g/mol. The lowest BCUT2D eigenvalue weighted by atomic mass is 9.75. The molecule has 1 aromatic carbocycles. The minimum Gasteiger partial charge on any atom is -0.495 e. The first-order valence-corrected chi connectivity index (χ1v) is 7.87. The first-order chi connectivity index (χ1) is 9.42. The Bertz CT molecular complexity index is 488. The second kappa shape index (κ2) is 5.94. The molecule has 2 atom stereocenters. The number of ether oxygens (including phenoxy) is 2. The third-order valence-corrected chi connectivity index (χ3v) is 5.40. The van der Waals surface area contributed by atoms with E-state index in [1.54, 1.807) is 14.2 Å². The maximum atomic E-state index is 6.57. The summed E-state index contributed by atoms with van der Waals surface area (Å²) in [7, 11) is 3.33. The van der Waals surface area contributed by atoms with Crippen LogP contribution in [-0.4, -0.2) is 14.2 Å². The number of rotatable bonds is 4. The highest BCUT2D eigenvalue weighted by Gasteiger charge is 2.39. The van der Waals surface area contributed by atoms with Crippen LogP contribution in [0, 0.1) is 11.3 Å². The van der Waals surface area contributed by atoms with Gasteiger partial charge in [-0.05, 0) is 52.2 Å². The Morgan fingerprint density at radius 1 is 1.30 bits per heavy atom. The molecule has 0 aliphatic heterocycles. The molecule has 0 saturated heterocycles. The van der Waals surface area contributed by atoms with Gasteiger partial charge >= 0.3 is 0 Å². The minimum absolute atomic E-state index is 0.00958. The van der Waals surface area contributed by atoms with E-state index in [1.165, 1.54) is 19.3 Å². The summed E-state index contributed by atoms with van der Waals surface area (Å²) in [6.07, 6.45) is 3.68. The topological polar surface area (TPSA) is 44.5 Å². The molecule has 0 radical (unpaired) electrons. The molecule has 0 amide bonds. The molecule has 1 aliphatic carbocycles. The van der Waals surface area contributed by atoms with E-state index in [9.17, 15) is 0 Å². The number of methoxy groups -OCH3 is 2. The van der Waals surface area contributed by atoms with Crippen molar-refractivity contribution in [3.05, 3.63) is 22.2 Å². The van der Waals surface area contributed by atoms with E-state index in [4.69, 9.17) is 15.2 Å². The van der Waals surface area contributed by atoms with E-state index >= 15 is 0 Å². The zero-order valence-corrected chi connectivity index (χ0v) is 14.3. The van der Waals surface area contributed by atoms with Crippen LogP contribution in [0.15, 0.2) is 16.6 Å². The molecule has 1 aliphatic rings. The van der Waals surface area contributed by atoms with Crippen LogP contribution >= 0.6 is 15.9 Å². The first-order valence-electron chi connectivity index (χ1n) is 7.08. The standard InChI is InChI=1S/C16H24BrNO2/c1-16(2)9-5-6-11(16)14(18)10-7-8-12(19-3)13(17)15(10)20-4/h7-8,11,14H,5-6,9,18H2,1-4H3. The summed E-state index contributed by atoms with van der Waals surface area (Å²) in [4.78, 5) is 0. The minimum atomic E-state index is -0.00958. The maximum absolute atomic E-state index is 6.57. The van der Waals surface area contributed by atoms with Gasteiger partial charge in [0.1, 0.15) is 16.0 Å². The Kier molecular flexibility index (Phi) is 4.65. The van der Waals surface area contributed by atoms with Crippen LogP contribution in [0.2, 0.25) is 0 Å². The van der Waals surface area contributed by atoms with Crippen LogP contribution in [0.5, 0.6) is 11.5 Å². The van der Waals surface area contributed by atoms with E-state index in [2.05, 4.69) is 29.8 Å². The number of hydrogen-bond donors (Lipinski definition) is 1. The molecule has 1 aromatic rings. The molecule has 4 heteroatoms. The molecule has 2 rings (SSSR count). The van der Waals surface area contributed by atoms with E-state index in [0.717, 1.165) is 21.5 Å². The highest BCUT2D eigenvalue weighted by atomic mass is 79.9. The molecule has 1 saturated carbocycles. The molecule has 112 valence electrons. The molecule has 3 nitrogen and oxygen atoms in total. The Hall–Kier alpha value is -0.740. The summed E-state index contributed by atoms with van der Waals surface area (Å²) in [6.45, 7) is 4.63. The second-order valence-corrected chi connectivity index (χ2v) is 7.01. The van der Waals surface area contributed by atoms with Crippen LogP contribution < -0.4 is 15.2 Å². The Balaban J connectivity index is 2.39. The molecule has 0 bridgehead atoms. The van der Waals surface area contributed by atoms with E-state index in [1.807, 2.05) is 12.1 Å². The van der Waals surface area contributed by atoms with Crippen molar-refractivity contribution in [3.8, 4) is 11.5 Å². The molecular formula is C16H24BrNO2. The van der Waals surface area contributed by atoms with Gasteiger partial charge in [0, 0.05) is 11.6 Å². The van der Waals surface area contributed by atoms with Crippen LogP contribution in [0.4, 0.5) is 0 Å². The van der Waals surface area contributed by atoms with Gasteiger partial charge in [-0.25, -0.2) is 0 Å². The van der Waals surface area contributed by atoms with Gasteiger partial charge in [-0.3, -0.25) is 0 Å². The lowest BCUT2D eigenvalue weighted by molar-refractivity contribution is 0.219. The van der Waals surface area contributed by atoms with Crippen molar-refractivity contribution in [1.82, 2.24) is 0 Å². The van der Waals surface area contributed by atoms with Crippen molar-refractivity contribution in [2.75, 3.05) is 14.2 Å². The summed E-state index contributed by atoms with van der Waals surface area (Å²) in [5.74, 6) is 2.04. The van der Waals surface area contributed by atoms with Crippen molar-refractivity contribution in [2.24, 2.45) is 17.1 Å². The second-order valence-electron chi connectivity index (χ2n) is 6.22. The van der Waals surface area contributed by atoms with E-state index in [-0.39, 0.29) is 11.5 Å². The van der Waals surface area contributed by atoms with Crippen LogP contribution in [0.3, 0.4) is 0 Å². The van der Waals surface area contributed by atoms with Crippen LogP contribution in [0.25, 0.3) is 0 Å². The molecule has 0 aromatic heterocycles. The number of nitrogens with two attached hydrogens (primary N) is 1. The van der Waals surface area contributed by atoms with Crippen molar-refractivity contribution in [3.63, 3.8) is 0 Å². The molecular weight excluding hydrogens is 318 g/mol. The fourth-order valence-corrected chi connectivity index (χ4v) is 4.10. The predicted molar refractivity (Wildman–Crippen MR) is 85.3 cm³/mol. The normalized spacial score (nSPS) is 22.6. The Labute approximate surface area is 130 Å². The summed E-state index contributed by atoms with van der Waals surface area (Å²) in [5.41, 5.74) is 7.92. The van der Waals surface area contributed by atoms with Crippen molar-refractivity contribution < 1.29 is 9.47 Å². The number of hydrogen-bond acceptors (Lipinski definition) is 3. The SMILES string of the molecule is COc1ccc(C(N)C2CCCC2(C)C)c(OC)c1Br. The van der Waals surface area contributed by atoms with E-state index < -0.39 is 0 Å². The lowest BCUT2D eigenvalue weighted by Gasteiger charge is -2.33. The summed E-state index contributed by atoms with van der Waals surface area (Å²) < 4.78 is 11.7. The van der Waals surface area contributed by atoms with Gasteiger partial charge in [0.2, 0.25) is 0 Å². The van der Waals surface area contributed by atoms with Gasteiger partial charge in [-0.15, -0.1) is 0 Å². The average Bonchev–Trinajstić information content (AvgIpc) is 2.77. The van der Waals surface area contributed by atoms with Crippen molar-refractivity contribution >= 4 is 15.9 Å². The Morgan fingerprint density at radius 3 is 2.50 bits per heavy atom. The van der Waals surface area contributed by atoms with Crippen LogP contribution in [-0.2, 0) is 0 Å². The largest absolute Gasteiger partial charge is 0.495 e. The fourth-order valence-electron chi connectivity index (χ4n) is 3.42. The highest BCUT2D eigenvalue weighted by molar-refractivity contribution is 9.10. The van der Waals surface area contributed by atoms with E-state index in [0.29, 0.717) is 5.92 Å². The zero-order valence-electron chi connectivity index (χ0n) is 12.7. The zero-order chi connectivity index (χ0) is 14.9. The highest BCUT2D eigenvalue weighted by Crippen LogP contribution is 2.50. The van der Waals surface area contributed by atoms with Gasteiger partial charge in [0.25, 0.3) is 0 Å². The molecule has 2 unspecified atom stereocenters. The van der Waals surface area contributed by atoms with Crippen molar-refractivity contribution in [1.29, 1.82) is 0 Å². The van der Waals surface area contributed by atoms with Gasteiger partial charge < -0.3 is 15.2 Å². The van der Waals surface area contributed by atoms with Gasteiger partial charge in [-0.1, -0.05) is 20.3 Å². The summed E-state index contributed by atoms with van der Waals surface area (Å²) >= 11 is 3.55. The third-order valence-electron chi connectivity index (χ3n) is 4.65. The predicted octanol–water partition coefficient (Wildman–Crippen LogP) is 4.29.